The van der Waals surface area contributed by atoms with Crippen molar-refractivity contribution in [1.82, 2.24) is 0 Å². The normalized spacial score (nSPS) is 21.9. The maximum absolute atomic E-state index is 6.34. The molecule has 21 heavy (non-hydrogen) atoms. The average Bonchev–Trinajstić information content (AvgIpc) is 2.51. The summed E-state index contributed by atoms with van der Waals surface area (Å²) in [7, 11) is 3.27. The van der Waals surface area contributed by atoms with Gasteiger partial charge in [-0.3, -0.25) is 0 Å². The Morgan fingerprint density at radius 2 is 1.71 bits per heavy atom. The van der Waals surface area contributed by atoms with Crippen molar-refractivity contribution in [2.45, 2.75) is 51.5 Å². The summed E-state index contributed by atoms with van der Waals surface area (Å²) in [6.45, 7) is 2.27. The quantitative estimate of drug-likeness (QED) is 0.790. The van der Waals surface area contributed by atoms with Gasteiger partial charge < -0.3 is 14.8 Å². The van der Waals surface area contributed by atoms with E-state index in [1.807, 2.05) is 12.1 Å². The lowest BCUT2D eigenvalue weighted by Crippen LogP contribution is -2.26. The van der Waals surface area contributed by atoms with Crippen LogP contribution in [0.25, 0.3) is 0 Å². The molecule has 0 spiro atoms. The Morgan fingerprint density at radius 1 is 1.10 bits per heavy atom. The largest absolute Gasteiger partial charge is 0.493 e. The van der Waals surface area contributed by atoms with Gasteiger partial charge >= 0.3 is 0 Å². The number of ether oxygens (including phenoxy) is 2. The van der Waals surface area contributed by atoms with Crippen LogP contribution < -0.4 is 14.8 Å². The molecule has 1 aliphatic rings. The molecular formula is C17H26ClNO2. The Labute approximate surface area is 133 Å². The molecule has 0 atom stereocenters. The molecule has 1 saturated carbocycles. The van der Waals surface area contributed by atoms with E-state index in [1.165, 1.54) is 38.5 Å². The van der Waals surface area contributed by atoms with Crippen molar-refractivity contribution in [3.63, 3.8) is 0 Å². The van der Waals surface area contributed by atoms with E-state index < -0.39 is 0 Å². The average molecular weight is 312 g/mol. The van der Waals surface area contributed by atoms with E-state index >= 15 is 0 Å². The van der Waals surface area contributed by atoms with Crippen LogP contribution in [0.2, 0.25) is 5.02 Å². The first-order valence-corrected chi connectivity index (χ1v) is 8.23. The van der Waals surface area contributed by atoms with Gasteiger partial charge in [-0.25, -0.2) is 0 Å². The molecule has 0 saturated heterocycles. The van der Waals surface area contributed by atoms with Gasteiger partial charge in [0.1, 0.15) is 0 Å². The summed E-state index contributed by atoms with van der Waals surface area (Å²) in [6, 6.07) is 4.25. The highest BCUT2D eigenvalue weighted by molar-refractivity contribution is 6.33. The van der Waals surface area contributed by atoms with E-state index in [9.17, 15) is 0 Å². The molecule has 1 N–H and O–H groups in total. The lowest BCUT2D eigenvalue weighted by Gasteiger charge is -2.30. The fourth-order valence-corrected chi connectivity index (χ4v) is 3.40. The molecule has 3 nitrogen and oxygen atoms in total. The highest BCUT2D eigenvalue weighted by Gasteiger charge is 2.21. The second-order valence-electron chi connectivity index (χ2n) is 5.84. The third-order valence-electron chi connectivity index (χ3n) is 4.38. The van der Waals surface area contributed by atoms with Crippen molar-refractivity contribution in [1.29, 1.82) is 0 Å². The number of anilines is 1. The number of benzene rings is 1. The van der Waals surface area contributed by atoms with Crippen molar-refractivity contribution in [3.05, 3.63) is 17.2 Å². The summed E-state index contributed by atoms with van der Waals surface area (Å²) in [5.74, 6) is 2.29. The van der Waals surface area contributed by atoms with E-state index in [0.717, 1.165) is 11.6 Å². The highest BCUT2D eigenvalue weighted by Crippen LogP contribution is 2.37. The molecule has 4 heteroatoms. The van der Waals surface area contributed by atoms with E-state index in [4.69, 9.17) is 21.1 Å². The van der Waals surface area contributed by atoms with Gasteiger partial charge in [-0.15, -0.1) is 0 Å². The van der Waals surface area contributed by atoms with Crippen molar-refractivity contribution in [2.75, 3.05) is 19.5 Å². The predicted octanol–water partition coefficient (Wildman–Crippen LogP) is 5.13. The van der Waals surface area contributed by atoms with Crippen LogP contribution in [0, 0.1) is 5.92 Å². The van der Waals surface area contributed by atoms with Gasteiger partial charge in [0.25, 0.3) is 0 Å². The van der Waals surface area contributed by atoms with Crippen LogP contribution in [-0.4, -0.2) is 20.3 Å². The molecule has 0 radical (unpaired) electrons. The van der Waals surface area contributed by atoms with E-state index in [0.29, 0.717) is 22.6 Å². The molecule has 1 aromatic carbocycles. The third-order valence-corrected chi connectivity index (χ3v) is 4.69. The molecule has 0 amide bonds. The minimum absolute atomic E-state index is 0.508. The smallest absolute Gasteiger partial charge is 0.162 e. The van der Waals surface area contributed by atoms with Crippen LogP contribution >= 0.6 is 11.6 Å². The number of methoxy groups -OCH3 is 2. The maximum Gasteiger partial charge on any atom is 0.162 e. The Hall–Kier alpha value is -1.09. The first-order valence-electron chi connectivity index (χ1n) is 7.86. The van der Waals surface area contributed by atoms with Gasteiger partial charge in [-0.05, 0) is 31.6 Å². The standard InChI is InChI=1S/C17H26ClNO2/c1-4-5-12-6-8-13(9-7-12)19-15-11-17(21-3)16(20-2)10-14(15)18/h10-13,19H,4-9H2,1-3H3. The monoisotopic (exact) mass is 311 g/mol. The number of hydrogen-bond donors (Lipinski definition) is 1. The highest BCUT2D eigenvalue weighted by atomic mass is 35.5. The molecule has 0 aromatic heterocycles. The molecule has 118 valence electrons. The van der Waals surface area contributed by atoms with Crippen molar-refractivity contribution < 1.29 is 9.47 Å². The molecule has 1 aliphatic carbocycles. The lowest BCUT2D eigenvalue weighted by atomic mass is 9.83. The van der Waals surface area contributed by atoms with Crippen LogP contribution in [0.5, 0.6) is 11.5 Å². The summed E-state index contributed by atoms with van der Waals surface area (Å²) >= 11 is 6.34. The minimum Gasteiger partial charge on any atom is -0.493 e. The van der Waals surface area contributed by atoms with Gasteiger partial charge in [-0.2, -0.15) is 0 Å². The first kappa shape index (κ1) is 16.3. The molecule has 0 heterocycles. The zero-order chi connectivity index (χ0) is 15.2. The number of rotatable bonds is 6. The van der Waals surface area contributed by atoms with Crippen LogP contribution in [-0.2, 0) is 0 Å². The predicted molar refractivity (Wildman–Crippen MR) is 88.8 cm³/mol. The first-order chi connectivity index (χ1) is 10.2. The Kier molecular flexibility index (Phi) is 6.04. The van der Waals surface area contributed by atoms with E-state index in [2.05, 4.69) is 12.2 Å². The van der Waals surface area contributed by atoms with E-state index in [1.54, 1.807) is 14.2 Å². The topological polar surface area (TPSA) is 30.5 Å². The summed E-state index contributed by atoms with van der Waals surface area (Å²) in [5, 5.41) is 4.25. The summed E-state index contributed by atoms with van der Waals surface area (Å²) in [6.07, 6.45) is 7.73. The van der Waals surface area contributed by atoms with E-state index in [-0.39, 0.29) is 0 Å². The fraction of sp³-hybridized carbons (Fsp3) is 0.647. The molecule has 1 aromatic rings. The molecule has 0 aliphatic heterocycles. The van der Waals surface area contributed by atoms with Gasteiger partial charge in [0.05, 0.1) is 24.9 Å². The summed E-state index contributed by atoms with van der Waals surface area (Å²) < 4.78 is 10.6. The fourth-order valence-electron chi connectivity index (χ4n) is 3.19. The molecule has 0 bridgehead atoms. The van der Waals surface area contributed by atoms with Gasteiger partial charge in [0, 0.05) is 18.2 Å². The number of hydrogen-bond acceptors (Lipinski definition) is 3. The van der Waals surface area contributed by atoms with Crippen LogP contribution in [0.3, 0.4) is 0 Å². The second-order valence-corrected chi connectivity index (χ2v) is 6.24. The van der Waals surface area contributed by atoms with Crippen molar-refractivity contribution in [2.24, 2.45) is 5.92 Å². The second kappa shape index (κ2) is 7.79. The molecule has 0 unspecified atom stereocenters. The molecular weight excluding hydrogens is 286 g/mol. The van der Waals surface area contributed by atoms with Crippen LogP contribution in [0.15, 0.2) is 12.1 Å². The Bertz CT molecular complexity index is 456. The zero-order valence-corrected chi connectivity index (χ0v) is 14.0. The van der Waals surface area contributed by atoms with Crippen LogP contribution in [0.1, 0.15) is 45.4 Å². The summed E-state index contributed by atoms with van der Waals surface area (Å²) in [5.41, 5.74) is 0.938. The number of nitrogens with one attached hydrogen (secondary N) is 1. The molecule has 2 rings (SSSR count). The maximum atomic E-state index is 6.34. The third kappa shape index (κ3) is 4.19. The van der Waals surface area contributed by atoms with Gasteiger partial charge in [-0.1, -0.05) is 31.4 Å². The Morgan fingerprint density at radius 3 is 2.29 bits per heavy atom. The van der Waals surface area contributed by atoms with Gasteiger partial charge in [0.15, 0.2) is 11.5 Å². The summed E-state index contributed by atoms with van der Waals surface area (Å²) in [4.78, 5) is 0. The molecule has 1 fully saturated rings. The van der Waals surface area contributed by atoms with Crippen LogP contribution in [0.4, 0.5) is 5.69 Å². The minimum atomic E-state index is 0.508. The van der Waals surface area contributed by atoms with Crippen molar-refractivity contribution >= 4 is 17.3 Å². The lowest BCUT2D eigenvalue weighted by molar-refractivity contribution is 0.318. The zero-order valence-electron chi connectivity index (χ0n) is 13.2. The SMILES string of the molecule is CCCC1CCC(Nc2cc(OC)c(OC)cc2Cl)CC1. The van der Waals surface area contributed by atoms with Crippen molar-refractivity contribution in [3.8, 4) is 11.5 Å². The Balaban J connectivity index is 2.00. The van der Waals surface area contributed by atoms with Gasteiger partial charge in [0.2, 0.25) is 0 Å². The number of halogens is 1.